The number of hydrogen-bond acceptors (Lipinski definition) is 2. The molecule has 0 radical (unpaired) electrons. The number of halogens is 1. The Morgan fingerprint density at radius 3 is 2.35 bits per heavy atom. The van der Waals surface area contributed by atoms with Gasteiger partial charge in [-0.2, -0.15) is 0 Å². The molecule has 2 N–H and O–H groups in total. The fourth-order valence-corrected chi connectivity index (χ4v) is 1.68. The van der Waals surface area contributed by atoms with Crippen LogP contribution >= 0.6 is 23.8 Å². The van der Waals surface area contributed by atoms with Crippen molar-refractivity contribution >= 4 is 28.8 Å². The number of para-hydroxylation sites is 1. The number of hydrogen-bond donors (Lipinski definition) is 1. The first-order valence-electron chi connectivity index (χ1n) is 4.99. The molecule has 0 aliphatic rings. The molecule has 0 heterocycles. The maximum absolute atomic E-state index is 5.80. The number of nitrogens with two attached hydrogens (primary N) is 1. The van der Waals surface area contributed by atoms with E-state index in [1.54, 1.807) is 24.3 Å². The van der Waals surface area contributed by atoms with Crippen molar-refractivity contribution in [3.8, 4) is 11.5 Å². The summed E-state index contributed by atoms with van der Waals surface area (Å²) < 4.78 is 5.70. The Hall–Kier alpha value is -1.58. The zero-order valence-corrected chi connectivity index (χ0v) is 10.5. The van der Waals surface area contributed by atoms with Crippen LogP contribution in [-0.2, 0) is 0 Å². The van der Waals surface area contributed by atoms with Crippen molar-refractivity contribution in [3.05, 3.63) is 59.1 Å². The summed E-state index contributed by atoms with van der Waals surface area (Å²) in [6.45, 7) is 0. The molecular weight excluding hydrogens is 254 g/mol. The predicted octanol–water partition coefficient (Wildman–Crippen LogP) is 3.77. The largest absolute Gasteiger partial charge is 0.457 e. The Balaban J connectivity index is 2.30. The van der Waals surface area contributed by atoms with Gasteiger partial charge >= 0.3 is 0 Å². The first-order valence-corrected chi connectivity index (χ1v) is 5.77. The first kappa shape index (κ1) is 11.9. The molecule has 0 saturated heterocycles. The molecule has 17 heavy (non-hydrogen) atoms. The molecule has 0 aliphatic carbocycles. The van der Waals surface area contributed by atoms with Gasteiger partial charge in [0.05, 0.1) is 5.56 Å². The summed E-state index contributed by atoms with van der Waals surface area (Å²) in [5.41, 5.74) is 6.34. The summed E-state index contributed by atoms with van der Waals surface area (Å²) in [7, 11) is 0. The van der Waals surface area contributed by atoms with E-state index >= 15 is 0 Å². The van der Waals surface area contributed by atoms with Gasteiger partial charge in [0.15, 0.2) is 0 Å². The lowest BCUT2D eigenvalue weighted by atomic mass is 10.2. The van der Waals surface area contributed by atoms with E-state index in [1.165, 1.54) is 0 Å². The van der Waals surface area contributed by atoms with Gasteiger partial charge in [0.25, 0.3) is 0 Å². The van der Waals surface area contributed by atoms with E-state index in [-0.39, 0.29) is 0 Å². The minimum Gasteiger partial charge on any atom is -0.457 e. The van der Waals surface area contributed by atoms with Crippen LogP contribution in [0, 0.1) is 0 Å². The Bertz CT molecular complexity index is 539. The van der Waals surface area contributed by atoms with Crippen molar-refractivity contribution in [1.29, 1.82) is 0 Å². The van der Waals surface area contributed by atoms with Crippen LogP contribution in [0.15, 0.2) is 48.5 Å². The number of benzene rings is 2. The molecule has 0 unspecified atom stereocenters. The second-order valence-electron chi connectivity index (χ2n) is 3.42. The van der Waals surface area contributed by atoms with Gasteiger partial charge in [0.1, 0.15) is 16.5 Å². The smallest absolute Gasteiger partial charge is 0.137 e. The average Bonchev–Trinajstić information content (AvgIpc) is 2.32. The zero-order chi connectivity index (χ0) is 12.3. The Kier molecular flexibility index (Phi) is 3.61. The van der Waals surface area contributed by atoms with Crippen LogP contribution in [0.2, 0.25) is 5.02 Å². The van der Waals surface area contributed by atoms with Crippen molar-refractivity contribution in [2.24, 2.45) is 5.73 Å². The monoisotopic (exact) mass is 263 g/mol. The number of ether oxygens (including phenoxy) is 1. The highest BCUT2D eigenvalue weighted by Gasteiger charge is 2.06. The molecule has 0 saturated carbocycles. The molecule has 0 aromatic heterocycles. The standard InChI is InChI=1S/C13H10ClNOS/c14-9-5-7-10(8-6-9)16-12-4-2-1-3-11(12)13(15)17/h1-8H,(H2,15,17). The lowest BCUT2D eigenvalue weighted by molar-refractivity contribution is 0.482. The molecule has 0 aliphatic heterocycles. The van der Waals surface area contributed by atoms with Crippen LogP contribution in [0.25, 0.3) is 0 Å². The molecule has 86 valence electrons. The maximum Gasteiger partial charge on any atom is 0.137 e. The third-order valence-corrected chi connectivity index (χ3v) is 2.67. The normalized spacial score (nSPS) is 9.94. The van der Waals surface area contributed by atoms with Crippen molar-refractivity contribution < 1.29 is 4.74 Å². The SMILES string of the molecule is NC(=S)c1ccccc1Oc1ccc(Cl)cc1. The van der Waals surface area contributed by atoms with Gasteiger partial charge in [-0.1, -0.05) is 36.0 Å². The van der Waals surface area contributed by atoms with E-state index in [1.807, 2.05) is 24.3 Å². The maximum atomic E-state index is 5.80. The molecule has 0 bridgehead atoms. The topological polar surface area (TPSA) is 35.2 Å². The molecule has 4 heteroatoms. The summed E-state index contributed by atoms with van der Waals surface area (Å²) in [6.07, 6.45) is 0. The van der Waals surface area contributed by atoms with E-state index in [9.17, 15) is 0 Å². The predicted molar refractivity (Wildman–Crippen MR) is 73.9 cm³/mol. The van der Waals surface area contributed by atoms with Crippen LogP contribution in [0.1, 0.15) is 5.56 Å². The second-order valence-corrected chi connectivity index (χ2v) is 4.29. The van der Waals surface area contributed by atoms with Gasteiger partial charge in [-0.15, -0.1) is 0 Å². The molecule has 0 fully saturated rings. The summed E-state index contributed by atoms with van der Waals surface area (Å²) in [5.74, 6) is 1.33. The van der Waals surface area contributed by atoms with Crippen molar-refractivity contribution in [3.63, 3.8) is 0 Å². The van der Waals surface area contributed by atoms with Crippen LogP contribution in [0.3, 0.4) is 0 Å². The zero-order valence-electron chi connectivity index (χ0n) is 8.89. The summed E-state index contributed by atoms with van der Waals surface area (Å²) in [6, 6.07) is 14.5. The highest BCUT2D eigenvalue weighted by Crippen LogP contribution is 2.26. The highest BCUT2D eigenvalue weighted by molar-refractivity contribution is 7.80. The molecule has 2 nitrogen and oxygen atoms in total. The minimum atomic E-state index is 0.314. The molecule has 2 aromatic carbocycles. The van der Waals surface area contributed by atoms with Gasteiger partial charge < -0.3 is 10.5 Å². The van der Waals surface area contributed by atoms with E-state index in [0.29, 0.717) is 21.5 Å². The van der Waals surface area contributed by atoms with Crippen molar-refractivity contribution in [2.75, 3.05) is 0 Å². The average molecular weight is 264 g/mol. The number of rotatable bonds is 3. The second kappa shape index (κ2) is 5.17. The van der Waals surface area contributed by atoms with Gasteiger partial charge in [-0.3, -0.25) is 0 Å². The van der Waals surface area contributed by atoms with Gasteiger partial charge in [-0.05, 0) is 36.4 Å². The molecule has 0 amide bonds. The Labute approximate surface area is 110 Å². The summed E-state index contributed by atoms with van der Waals surface area (Å²) in [4.78, 5) is 0.314. The fourth-order valence-electron chi connectivity index (χ4n) is 1.39. The Morgan fingerprint density at radius 1 is 1.06 bits per heavy atom. The van der Waals surface area contributed by atoms with Crippen LogP contribution in [-0.4, -0.2) is 4.99 Å². The fraction of sp³-hybridized carbons (Fsp3) is 0. The molecule has 0 atom stereocenters. The molecule has 0 spiro atoms. The van der Waals surface area contributed by atoms with Gasteiger partial charge in [-0.25, -0.2) is 0 Å². The highest BCUT2D eigenvalue weighted by atomic mass is 35.5. The third-order valence-electron chi connectivity index (χ3n) is 2.19. The summed E-state index contributed by atoms with van der Waals surface area (Å²) in [5, 5.41) is 0.667. The van der Waals surface area contributed by atoms with Crippen molar-refractivity contribution in [1.82, 2.24) is 0 Å². The van der Waals surface area contributed by atoms with Gasteiger partial charge in [0.2, 0.25) is 0 Å². The van der Waals surface area contributed by atoms with Crippen LogP contribution in [0.4, 0.5) is 0 Å². The Morgan fingerprint density at radius 2 is 1.71 bits per heavy atom. The van der Waals surface area contributed by atoms with Gasteiger partial charge in [0, 0.05) is 5.02 Å². The quantitative estimate of drug-likeness (QED) is 0.857. The minimum absolute atomic E-state index is 0.314. The lowest BCUT2D eigenvalue weighted by Gasteiger charge is -2.09. The van der Waals surface area contributed by atoms with Crippen LogP contribution in [0.5, 0.6) is 11.5 Å². The van der Waals surface area contributed by atoms with Crippen molar-refractivity contribution in [2.45, 2.75) is 0 Å². The van der Waals surface area contributed by atoms with E-state index in [0.717, 1.165) is 5.56 Å². The summed E-state index contributed by atoms with van der Waals surface area (Å²) >= 11 is 10.8. The molecule has 2 rings (SSSR count). The molecule has 2 aromatic rings. The number of thiocarbonyl (C=S) groups is 1. The van der Waals surface area contributed by atoms with E-state index in [2.05, 4.69) is 0 Å². The molecular formula is C13H10ClNOS. The third kappa shape index (κ3) is 2.96. The lowest BCUT2D eigenvalue weighted by Crippen LogP contribution is -2.10. The first-order chi connectivity index (χ1) is 8.16. The van der Waals surface area contributed by atoms with E-state index < -0.39 is 0 Å². The van der Waals surface area contributed by atoms with Crippen LogP contribution < -0.4 is 10.5 Å². The van der Waals surface area contributed by atoms with E-state index in [4.69, 9.17) is 34.3 Å².